The Kier molecular flexibility index (Phi) is 5.06. The van der Waals surface area contributed by atoms with Gasteiger partial charge in [0.1, 0.15) is 0 Å². The molecule has 0 bridgehead atoms. The first kappa shape index (κ1) is 14.2. The van der Waals surface area contributed by atoms with Crippen LogP contribution in [0.5, 0.6) is 0 Å². The molecule has 0 saturated carbocycles. The SMILES string of the molecule is CCSc1ccc(C(O)Cc2ccccc2C)cc1. The van der Waals surface area contributed by atoms with Crippen molar-refractivity contribution in [2.75, 3.05) is 5.75 Å². The van der Waals surface area contributed by atoms with Gasteiger partial charge >= 0.3 is 0 Å². The minimum Gasteiger partial charge on any atom is -0.388 e. The molecular formula is C17H20OS. The van der Waals surface area contributed by atoms with Crippen molar-refractivity contribution in [2.45, 2.75) is 31.3 Å². The van der Waals surface area contributed by atoms with Crippen LogP contribution in [0, 0.1) is 6.92 Å². The summed E-state index contributed by atoms with van der Waals surface area (Å²) in [5, 5.41) is 10.3. The number of hydrogen-bond donors (Lipinski definition) is 1. The maximum Gasteiger partial charge on any atom is 0.0830 e. The van der Waals surface area contributed by atoms with E-state index in [0.717, 1.165) is 11.3 Å². The van der Waals surface area contributed by atoms with Crippen molar-refractivity contribution in [2.24, 2.45) is 0 Å². The molecular weight excluding hydrogens is 252 g/mol. The van der Waals surface area contributed by atoms with Crippen LogP contribution in [0.15, 0.2) is 53.4 Å². The molecule has 0 radical (unpaired) electrons. The van der Waals surface area contributed by atoms with E-state index < -0.39 is 6.10 Å². The zero-order valence-corrected chi connectivity index (χ0v) is 12.3. The minimum atomic E-state index is -0.429. The number of aliphatic hydroxyl groups excluding tert-OH is 1. The molecule has 0 aliphatic heterocycles. The Hall–Kier alpha value is -1.25. The molecule has 1 unspecified atom stereocenters. The molecule has 0 aromatic heterocycles. The van der Waals surface area contributed by atoms with Crippen LogP contribution >= 0.6 is 11.8 Å². The summed E-state index contributed by atoms with van der Waals surface area (Å²) in [6, 6.07) is 16.5. The molecule has 0 aliphatic carbocycles. The Morgan fingerprint density at radius 1 is 1.05 bits per heavy atom. The normalized spacial score (nSPS) is 12.4. The lowest BCUT2D eigenvalue weighted by atomic mass is 9.98. The highest BCUT2D eigenvalue weighted by molar-refractivity contribution is 7.99. The molecule has 2 heteroatoms. The summed E-state index contributed by atoms with van der Waals surface area (Å²) in [6.45, 7) is 4.23. The van der Waals surface area contributed by atoms with E-state index in [1.807, 2.05) is 36.0 Å². The van der Waals surface area contributed by atoms with E-state index in [-0.39, 0.29) is 0 Å². The Balaban J connectivity index is 2.07. The standard InChI is InChI=1S/C17H20OS/c1-3-19-16-10-8-14(9-11-16)17(18)12-15-7-5-4-6-13(15)2/h4-11,17-18H,3,12H2,1-2H3. The maximum absolute atomic E-state index is 10.3. The summed E-state index contributed by atoms with van der Waals surface area (Å²) >= 11 is 1.82. The number of hydrogen-bond acceptors (Lipinski definition) is 2. The van der Waals surface area contributed by atoms with Crippen LogP contribution in [0.3, 0.4) is 0 Å². The van der Waals surface area contributed by atoms with E-state index in [9.17, 15) is 5.11 Å². The molecule has 1 nitrogen and oxygen atoms in total. The lowest BCUT2D eigenvalue weighted by Crippen LogP contribution is -2.03. The van der Waals surface area contributed by atoms with Crippen molar-refractivity contribution in [3.05, 3.63) is 65.2 Å². The monoisotopic (exact) mass is 272 g/mol. The second-order valence-corrected chi connectivity index (χ2v) is 5.99. The molecule has 0 aliphatic rings. The van der Waals surface area contributed by atoms with Gasteiger partial charge < -0.3 is 5.11 Å². The number of aliphatic hydroxyl groups is 1. The third-order valence-electron chi connectivity index (χ3n) is 3.25. The van der Waals surface area contributed by atoms with Crippen molar-refractivity contribution >= 4 is 11.8 Å². The summed E-state index contributed by atoms with van der Waals surface area (Å²) < 4.78 is 0. The quantitative estimate of drug-likeness (QED) is 0.815. The van der Waals surface area contributed by atoms with E-state index in [2.05, 4.69) is 38.1 Å². The minimum absolute atomic E-state index is 0.429. The molecule has 2 aromatic rings. The first-order valence-corrected chi connectivity index (χ1v) is 7.64. The van der Waals surface area contributed by atoms with Crippen LogP contribution < -0.4 is 0 Å². The topological polar surface area (TPSA) is 20.2 Å². The van der Waals surface area contributed by atoms with E-state index in [4.69, 9.17) is 0 Å². The van der Waals surface area contributed by atoms with Crippen molar-refractivity contribution in [3.8, 4) is 0 Å². The van der Waals surface area contributed by atoms with Crippen LogP contribution in [-0.4, -0.2) is 10.9 Å². The molecule has 1 atom stereocenters. The second-order valence-electron chi connectivity index (χ2n) is 4.65. The molecule has 0 amide bonds. The first-order valence-electron chi connectivity index (χ1n) is 6.66. The van der Waals surface area contributed by atoms with Gasteiger partial charge in [-0.25, -0.2) is 0 Å². The first-order chi connectivity index (χ1) is 9.20. The van der Waals surface area contributed by atoms with Gasteiger partial charge in [0.05, 0.1) is 6.10 Å². The van der Waals surface area contributed by atoms with Gasteiger partial charge in [0.2, 0.25) is 0 Å². The molecule has 100 valence electrons. The zero-order chi connectivity index (χ0) is 13.7. The van der Waals surface area contributed by atoms with Crippen molar-refractivity contribution < 1.29 is 5.11 Å². The van der Waals surface area contributed by atoms with Crippen LogP contribution in [-0.2, 0) is 6.42 Å². The van der Waals surface area contributed by atoms with E-state index in [1.165, 1.54) is 16.0 Å². The summed E-state index contributed by atoms with van der Waals surface area (Å²) in [5.41, 5.74) is 3.44. The van der Waals surface area contributed by atoms with Crippen molar-refractivity contribution in [3.63, 3.8) is 0 Å². The van der Waals surface area contributed by atoms with Crippen LogP contribution in [0.1, 0.15) is 29.7 Å². The van der Waals surface area contributed by atoms with Gasteiger partial charge in [-0.15, -0.1) is 11.8 Å². The van der Waals surface area contributed by atoms with Crippen molar-refractivity contribution in [1.29, 1.82) is 0 Å². The lowest BCUT2D eigenvalue weighted by Gasteiger charge is -2.13. The summed E-state index contributed by atoms with van der Waals surface area (Å²) in [5.74, 6) is 1.07. The molecule has 0 fully saturated rings. The highest BCUT2D eigenvalue weighted by atomic mass is 32.2. The Morgan fingerprint density at radius 2 is 1.74 bits per heavy atom. The molecule has 2 aromatic carbocycles. The lowest BCUT2D eigenvalue weighted by molar-refractivity contribution is 0.178. The van der Waals surface area contributed by atoms with Gasteiger partial charge in [0, 0.05) is 11.3 Å². The summed E-state index contributed by atoms with van der Waals surface area (Å²) in [7, 11) is 0. The van der Waals surface area contributed by atoms with Crippen LogP contribution in [0.25, 0.3) is 0 Å². The largest absolute Gasteiger partial charge is 0.388 e. The van der Waals surface area contributed by atoms with E-state index in [1.54, 1.807) is 0 Å². The fraction of sp³-hybridized carbons (Fsp3) is 0.294. The Bertz CT molecular complexity index is 519. The van der Waals surface area contributed by atoms with Gasteiger partial charge in [-0.1, -0.05) is 43.3 Å². The number of aryl methyl sites for hydroxylation is 1. The summed E-state index contributed by atoms with van der Waals surface area (Å²) in [6.07, 6.45) is 0.245. The predicted octanol–water partition coefficient (Wildman–Crippen LogP) is 4.38. The molecule has 0 spiro atoms. The highest BCUT2D eigenvalue weighted by Gasteiger charge is 2.09. The van der Waals surface area contributed by atoms with Crippen LogP contribution in [0.2, 0.25) is 0 Å². The molecule has 2 rings (SSSR count). The molecule has 19 heavy (non-hydrogen) atoms. The van der Waals surface area contributed by atoms with Gasteiger partial charge in [0.15, 0.2) is 0 Å². The van der Waals surface area contributed by atoms with Crippen LogP contribution in [0.4, 0.5) is 0 Å². The smallest absolute Gasteiger partial charge is 0.0830 e. The zero-order valence-electron chi connectivity index (χ0n) is 11.5. The van der Waals surface area contributed by atoms with E-state index in [0.29, 0.717) is 6.42 Å². The Morgan fingerprint density at radius 3 is 2.37 bits per heavy atom. The van der Waals surface area contributed by atoms with Gasteiger partial charge in [0.25, 0.3) is 0 Å². The molecule has 0 heterocycles. The fourth-order valence-electron chi connectivity index (χ4n) is 2.12. The third kappa shape index (κ3) is 3.85. The maximum atomic E-state index is 10.3. The average Bonchev–Trinajstić information content (AvgIpc) is 2.42. The average molecular weight is 272 g/mol. The third-order valence-corrected chi connectivity index (χ3v) is 4.14. The fourth-order valence-corrected chi connectivity index (χ4v) is 2.78. The molecule has 0 saturated heterocycles. The number of benzene rings is 2. The predicted molar refractivity (Wildman–Crippen MR) is 82.7 cm³/mol. The van der Waals surface area contributed by atoms with Gasteiger partial charge in [-0.2, -0.15) is 0 Å². The van der Waals surface area contributed by atoms with E-state index >= 15 is 0 Å². The number of thioether (sulfide) groups is 1. The van der Waals surface area contributed by atoms with Gasteiger partial charge in [-0.05, 0) is 41.5 Å². The molecule has 1 N–H and O–H groups in total. The second kappa shape index (κ2) is 6.78. The number of rotatable bonds is 5. The Labute approximate surface area is 119 Å². The van der Waals surface area contributed by atoms with Gasteiger partial charge in [-0.3, -0.25) is 0 Å². The summed E-state index contributed by atoms with van der Waals surface area (Å²) in [4.78, 5) is 1.26. The van der Waals surface area contributed by atoms with Crippen molar-refractivity contribution in [1.82, 2.24) is 0 Å². The highest BCUT2D eigenvalue weighted by Crippen LogP contribution is 2.23.